The summed E-state index contributed by atoms with van der Waals surface area (Å²) in [5.74, 6) is 0.986. The maximum absolute atomic E-state index is 13.3. The van der Waals surface area contributed by atoms with Crippen LogP contribution in [-0.2, 0) is 0 Å². The molecule has 1 aliphatic heterocycles. The molecule has 0 spiro atoms. The molecular formula is C21H16FN3. The highest BCUT2D eigenvalue weighted by Crippen LogP contribution is 2.28. The van der Waals surface area contributed by atoms with E-state index in [1.165, 1.54) is 17.7 Å². The molecule has 0 fully saturated rings. The van der Waals surface area contributed by atoms with E-state index in [-0.39, 0.29) is 5.82 Å². The Labute approximate surface area is 145 Å². The van der Waals surface area contributed by atoms with Crippen molar-refractivity contribution in [2.75, 3.05) is 5.32 Å². The molecule has 3 aromatic rings. The minimum absolute atomic E-state index is 0.278. The molecule has 0 bridgehead atoms. The molecule has 25 heavy (non-hydrogen) atoms. The van der Waals surface area contributed by atoms with E-state index in [2.05, 4.69) is 10.3 Å². The molecule has 3 aromatic carbocycles. The smallest absolute Gasteiger partial charge is 0.162 e. The van der Waals surface area contributed by atoms with Crippen molar-refractivity contribution in [2.24, 2.45) is 9.98 Å². The summed E-state index contributed by atoms with van der Waals surface area (Å²) in [5.41, 5.74) is 4.61. The van der Waals surface area contributed by atoms with Crippen LogP contribution in [0.15, 0.2) is 82.8 Å². The van der Waals surface area contributed by atoms with Crippen LogP contribution in [0.25, 0.3) is 0 Å². The third-order valence-electron chi connectivity index (χ3n) is 4.03. The lowest BCUT2D eigenvalue weighted by atomic mass is 10.1. The maximum atomic E-state index is 13.3. The van der Waals surface area contributed by atoms with E-state index >= 15 is 0 Å². The summed E-state index contributed by atoms with van der Waals surface area (Å²) in [6, 6.07) is 22.2. The molecule has 0 saturated heterocycles. The second-order valence-corrected chi connectivity index (χ2v) is 5.91. The molecule has 3 nitrogen and oxygen atoms in total. The highest BCUT2D eigenvalue weighted by Gasteiger charge is 2.15. The van der Waals surface area contributed by atoms with Gasteiger partial charge in [0.1, 0.15) is 11.7 Å². The van der Waals surface area contributed by atoms with Crippen LogP contribution < -0.4 is 5.32 Å². The number of para-hydroxylation sites is 2. The second kappa shape index (κ2) is 6.32. The van der Waals surface area contributed by atoms with Gasteiger partial charge in [0.05, 0.1) is 11.4 Å². The van der Waals surface area contributed by atoms with Crippen LogP contribution in [0.3, 0.4) is 0 Å². The standard InChI is InChI=1S/C21H16FN3/c1-14-6-8-15(9-7-14)20-23-18-4-2-3-5-19(18)24-21(25-20)16-10-12-17(22)13-11-16/h2-13H,1H3,(H,23,24,25). The monoisotopic (exact) mass is 329 g/mol. The normalized spacial score (nSPS) is 13.2. The van der Waals surface area contributed by atoms with Gasteiger partial charge in [-0.25, -0.2) is 14.4 Å². The van der Waals surface area contributed by atoms with E-state index in [0.717, 1.165) is 22.5 Å². The van der Waals surface area contributed by atoms with Crippen molar-refractivity contribution in [3.05, 3.63) is 95.3 Å². The van der Waals surface area contributed by atoms with Crippen molar-refractivity contribution in [1.82, 2.24) is 0 Å². The van der Waals surface area contributed by atoms with E-state index in [1.807, 2.05) is 55.5 Å². The number of amidine groups is 2. The summed E-state index contributed by atoms with van der Waals surface area (Å²) in [4.78, 5) is 9.40. The van der Waals surface area contributed by atoms with E-state index in [0.29, 0.717) is 11.7 Å². The first-order chi connectivity index (χ1) is 12.2. The number of anilines is 1. The zero-order chi connectivity index (χ0) is 17.2. The molecule has 4 heteroatoms. The van der Waals surface area contributed by atoms with Gasteiger partial charge < -0.3 is 5.32 Å². The lowest BCUT2D eigenvalue weighted by molar-refractivity contribution is 0.628. The largest absolute Gasteiger partial charge is 0.338 e. The Bertz CT molecular complexity index is 971. The van der Waals surface area contributed by atoms with Crippen LogP contribution in [0.2, 0.25) is 0 Å². The SMILES string of the molecule is Cc1ccc(C2=NC(c3ccc(F)cc3)=Nc3ccccc3N2)cc1. The number of hydrogen-bond acceptors (Lipinski definition) is 3. The molecule has 122 valence electrons. The number of fused-ring (bicyclic) bond motifs is 1. The van der Waals surface area contributed by atoms with Gasteiger partial charge in [-0.15, -0.1) is 0 Å². The maximum Gasteiger partial charge on any atom is 0.162 e. The van der Waals surface area contributed by atoms with Gasteiger partial charge in [0.25, 0.3) is 0 Å². The molecule has 0 aromatic heterocycles. The van der Waals surface area contributed by atoms with Gasteiger partial charge >= 0.3 is 0 Å². The number of aryl methyl sites for hydroxylation is 1. The van der Waals surface area contributed by atoms with Gasteiger partial charge in [0.15, 0.2) is 5.84 Å². The average Bonchev–Trinajstić information content (AvgIpc) is 2.82. The molecule has 1 N–H and O–H groups in total. The molecule has 0 unspecified atom stereocenters. The van der Waals surface area contributed by atoms with E-state index in [4.69, 9.17) is 4.99 Å². The fourth-order valence-electron chi connectivity index (χ4n) is 2.65. The van der Waals surface area contributed by atoms with Crippen LogP contribution in [-0.4, -0.2) is 11.7 Å². The highest BCUT2D eigenvalue weighted by atomic mass is 19.1. The molecule has 0 aliphatic carbocycles. The lowest BCUT2D eigenvalue weighted by Gasteiger charge is -2.09. The topological polar surface area (TPSA) is 36.8 Å². The summed E-state index contributed by atoms with van der Waals surface area (Å²) in [6.45, 7) is 2.05. The van der Waals surface area contributed by atoms with Crippen LogP contribution in [0.5, 0.6) is 0 Å². The molecule has 0 atom stereocenters. The summed E-state index contributed by atoms with van der Waals surface area (Å²) < 4.78 is 13.3. The van der Waals surface area contributed by atoms with Gasteiger partial charge in [-0.3, -0.25) is 0 Å². The van der Waals surface area contributed by atoms with Crippen molar-refractivity contribution in [2.45, 2.75) is 6.92 Å². The summed E-state index contributed by atoms with van der Waals surface area (Å²) in [7, 11) is 0. The van der Waals surface area contributed by atoms with Crippen molar-refractivity contribution in [3.8, 4) is 0 Å². The van der Waals surface area contributed by atoms with Crippen molar-refractivity contribution < 1.29 is 4.39 Å². The fourth-order valence-corrected chi connectivity index (χ4v) is 2.65. The molecular weight excluding hydrogens is 313 g/mol. The predicted octanol–water partition coefficient (Wildman–Crippen LogP) is 5.08. The Morgan fingerprint density at radius 2 is 1.44 bits per heavy atom. The van der Waals surface area contributed by atoms with Crippen molar-refractivity contribution >= 4 is 23.0 Å². The molecule has 1 heterocycles. The quantitative estimate of drug-likeness (QED) is 0.699. The van der Waals surface area contributed by atoms with Gasteiger partial charge in [0, 0.05) is 11.1 Å². The number of rotatable bonds is 2. The van der Waals surface area contributed by atoms with Gasteiger partial charge in [-0.1, -0.05) is 42.0 Å². The zero-order valence-electron chi connectivity index (χ0n) is 13.7. The lowest BCUT2D eigenvalue weighted by Crippen LogP contribution is -2.15. The number of nitrogens with zero attached hydrogens (tertiary/aromatic N) is 2. The first-order valence-electron chi connectivity index (χ1n) is 8.05. The van der Waals surface area contributed by atoms with Gasteiger partial charge in [-0.2, -0.15) is 0 Å². The zero-order valence-corrected chi connectivity index (χ0v) is 13.7. The molecule has 0 saturated carbocycles. The Morgan fingerprint density at radius 3 is 2.20 bits per heavy atom. The highest BCUT2D eigenvalue weighted by molar-refractivity contribution is 6.19. The predicted molar refractivity (Wildman–Crippen MR) is 100 cm³/mol. The van der Waals surface area contributed by atoms with E-state index in [1.54, 1.807) is 12.1 Å². The fraction of sp³-hybridized carbons (Fsp3) is 0.0476. The Hall–Kier alpha value is -3.27. The van der Waals surface area contributed by atoms with Gasteiger partial charge in [-0.05, 0) is 43.3 Å². The van der Waals surface area contributed by atoms with E-state index in [9.17, 15) is 4.39 Å². The number of aliphatic imine (C=N–C) groups is 2. The number of hydrogen-bond donors (Lipinski definition) is 1. The Kier molecular flexibility index (Phi) is 3.86. The minimum Gasteiger partial charge on any atom is -0.338 e. The molecule has 0 radical (unpaired) electrons. The average molecular weight is 329 g/mol. The number of nitrogens with one attached hydrogen (secondary N) is 1. The first-order valence-corrected chi connectivity index (χ1v) is 8.05. The second-order valence-electron chi connectivity index (χ2n) is 5.91. The summed E-state index contributed by atoms with van der Waals surface area (Å²) in [6.07, 6.45) is 0. The first kappa shape index (κ1) is 15.3. The molecule has 4 rings (SSSR count). The minimum atomic E-state index is -0.278. The van der Waals surface area contributed by atoms with Crippen molar-refractivity contribution in [3.63, 3.8) is 0 Å². The van der Waals surface area contributed by atoms with Crippen LogP contribution in [0.4, 0.5) is 15.8 Å². The van der Waals surface area contributed by atoms with Gasteiger partial charge in [0.2, 0.25) is 0 Å². The van der Waals surface area contributed by atoms with Crippen LogP contribution in [0, 0.1) is 12.7 Å². The number of halogens is 1. The van der Waals surface area contributed by atoms with E-state index < -0.39 is 0 Å². The van der Waals surface area contributed by atoms with Crippen LogP contribution >= 0.6 is 0 Å². The summed E-state index contributed by atoms with van der Waals surface area (Å²) in [5, 5.41) is 3.37. The third-order valence-corrected chi connectivity index (χ3v) is 4.03. The Morgan fingerprint density at radius 1 is 0.760 bits per heavy atom. The summed E-state index contributed by atoms with van der Waals surface area (Å²) >= 11 is 0. The van der Waals surface area contributed by atoms with Crippen molar-refractivity contribution in [1.29, 1.82) is 0 Å². The molecule has 1 aliphatic rings. The number of benzene rings is 3. The molecule has 0 amide bonds. The third kappa shape index (κ3) is 3.19. The van der Waals surface area contributed by atoms with Crippen LogP contribution in [0.1, 0.15) is 16.7 Å². The Balaban J connectivity index is 1.86.